The van der Waals surface area contributed by atoms with Crippen LogP contribution in [0.2, 0.25) is 0 Å². The molecule has 0 aromatic heterocycles. The average Bonchev–Trinajstić information content (AvgIpc) is 2.50. The SMILES string of the molecule is CCOC(=O)C(=CNc1cccc(F)c1OC(F)F)C(=O)OCC. The second-order valence-electron chi connectivity index (χ2n) is 4.14. The number of esters is 2. The molecule has 0 bridgehead atoms. The first-order valence-corrected chi connectivity index (χ1v) is 6.94. The van der Waals surface area contributed by atoms with Gasteiger partial charge in [-0.3, -0.25) is 0 Å². The Balaban J connectivity index is 3.11. The molecule has 9 heteroatoms. The van der Waals surface area contributed by atoms with Crippen LogP contribution in [0.1, 0.15) is 13.8 Å². The van der Waals surface area contributed by atoms with Crippen LogP contribution in [-0.4, -0.2) is 31.8 Å². The van der Waals surface area contributed by atoms with Gasteiger partial charge in [0.1, 0.15) is 0 Å². The summed E-state index contributed by atoms with van der Waals surface area (Å²) >= 11 is 0. The molecule has 0 saturated carbocycles. The van der Waals surface area contributed by atoms with Crippen LogP contribution < -0.4 is 10.1 Å². The van der Waals surface area contributed by atoms with Crippen LogP contribution in [0.25, 0.3) is 0 Å². The van der Waals surface area contributed by atoms with Crippen LogP contribution in [0.4, 0.5) is 18.9 Å². The van der Waals surface area contributed by atoms with Crippen LogP contribution in [0.15, 0.2) is 30.0 Å². The Hall–Kier alpha value is -2.71. The summed E-state index contributed by atoms with van der Waals surface area (Å²) in [5.74, 6) is -3.74. The van der Waals surface area contributed by atoms with Crippen molar-refractivity contribution < 1.29 is 37.0 Å². The van der Waals surface area contributed by atoms with Crippen molar-refractivity contribution in [3.63, 3.8) is 0 Å². The topological polar surface area (TPSA) is 73.9 Å². The number of hydrogen-bond acceptors (Lipinski definition) is 6. The zero-order valence-electron chi connectivity index (χ0n) is 13.0. The zero-order valence-corrected chi connectivity index (χ0v) is 13.0. The first-order chi connectivity index (χ1) is 11.4. The maximum Gasteiger partial charge on any atom is 0.387 e. The maximum absolute atomic E-state index is 13.6. The van der Waals surface area contributed by atoms with Crippen LogP contribution in [0.5, 0.6) is 5.75 Å². The third-order valence-electron chi connectivity index (χ3n) is 2.54. The van der Waals surface area contributed by atoms with E-state index in [-0.39, 0.29) is 18.9 Å². The molecule has 0 aliphatic rings. The Kier molecular flexibility index (Phi) is 7.60. The van der Waals surface area contributed by atoms with Crippen molar-refractivity contribution in [1.82, 2.24) is 0 Å². The monoisotopic (exact) mass is 347 g/mol. The third kappa shape index (κ3) is 5.49. The largest absolute Gasteiger partial charge is 0.462 e. The molecule has 0 radical (unpaired) electrons. The first-order valence-electron chi connectivity index (χ1n) is 6.94. The lowest BCUT2D eigenvalue weighted by Crippen LogP contribution is -2.19. The van der Waals surface area contributed by atoms with E-state index in [1.54, 1.807) is 0 Å². The van der Waals surface area contributed by atoms with Gasteiger partial charge in [-0.15, -0.1) is 0 Å². The van der Waals surface area contributed by atoms with Crippen molar-refractivity contribution in [3.05, 3.63) is 35.8 Å². The molecule has 0 spiro atoms. The molecule has 1 aromatic carbocycles. The van der Waals surface area contributed by atoms with Gasteiger partial charge < -0.3 is 19.5 Å². The quantitative estimate of drug-likeness (QED) is 0.337. The number of carbonyl (C=O) groups is 2. The summed E-state index contributed by atoms with van der Waals surface area (Å²) in [6.45, 7) is -0.157. The lowest BCUT2D eigenvalue weighted by molar-refractivity contribution is -0.146. The molecule has 1 aromatic rings. The van der Waals surface area contributed by atoms with Crippen molar-refractivity contribution in [1.29, 1.82) is 0 Å². The van der Waals surface area contributed by atoms with Gasteiger partial charge in [0.15, 0.2) is 17.1 Å². The first kappa shape index (κ1) is 19.3. The summed E-state index contributed by atoms with van der Waals surface area (Å²) in [5, 5.41) is 2.38. The van der Waals surface area contributed by atoms with Gasteiger partial charge in [-0.1, -0.05) is 6.07 Å². The Labute approximate surface area is 136 Å². The highest BCUT2D eigenvalue weighted by Crippen LogP contribution is 2.29. The van der Waals surface area contributed by atoms with Crippen LogP contribution in [-0.2, 0) is 19.1 Å². The second kappa shape index (κ2) is 9.43. The number of hydrogen-bond donors (Lipinski definition) is 1. The Morgan fingerprint density at radius 3 is 2.25 bits per heavy atom. The Morgan fingerprint density at radius 2 is 1.75 bits per heavy atom. The predicted molar refractivity (Wildman–Crippen MR) is 78.0 cm³/mol. The minimum absolute atomic E-state index is 0.00921. The Bertz CT molecular complexity index is 599. The molecular weight excluding hydrogens is 331 g/mol. The van der Waals surface area contributed by atoms with Crippen molar-refractivity contribution in [3.8, 4) is 5.75 Å². The lowest BCUT2D eigenvalue weighted by atomic mass is 10.2. The van der Waals surface area contributed by atoms with Crippen molar-refractivity contribution >= 4 is 17.6 Å². The molecule has 0 atom stereocenters. The highest BCUT2D eigenvalue weighted by Gasteiger charge is 2.22. The third-order valence-corrected chi connectivity index (χ3v) is 2.54. The summed E-state index contributed by atoms with van der Waals surface area (Å²) in [7, 11) is 0. The van der Waals surface area contributed by atoms with Gasteiger partial charge in [0.05, 0.1) is 18.9 Å². The van der Waals surface area contributed by atoms with Gasteiger partial charge in [0.2, 0.25) is 0 Å². The van der Waals surface area contributed by atoms with Crippen molar-refractivity contribution in [2.75, 3.05) is 18.5 Å². The molecule has 1 rings (SSSR count). The highest BCUT2D eigenvalue weighted by atomic mass is 19.3. The number of ether oxygens (including phenoxy) is 3. The number of carbonyl (C=O) groups excluding carboxylic acids is 2. The minimum Gasteiger partial charge on any atom is -0.462 e. The molecule has 1 N–H and O–H groups in total. The van der Waals surface area contributed by atoms with Gasteiger partial charge in [0.25, 0.3) is 0 Å². The number of rotatable bonds is 8. The van der Waals surface area contributed by atoms with E-state index in [4.69, 9.17) is 9.47 Å². The second-order valence-corrected chi connectivity index (χ2v) is 4.14. The molecule has 0 aliphatic heterocycles. The van der Waals surface area contributed by atoms with Crippen LogP contribution in [0, 0.1) is 5.82 Å². The van der Waals surface area contributed by atoms with Crippen molar-refractivity contribution in [2.45, 2.75) is 20.5 Å². The van der Waals surface area contributed by atoms with E-state index >= 15 is 0 Å². The molecular formula is C15H16F3NO5. The van der Waals surface area contributed by atoms with E-state index in [1.165, 1.54) is 26.0 Å². The van der Waals surface area contributed by atoms with Gasteiger partial charge in [0, 0.05) is 6.20 Å². The number of halogens is 3. The number of anilines is 1. The molecule has 24 heavy (non-hydrogen) atoms. The van der Waals surface area contributed by atoms with Crippen LogP contribution >= 0.6 is 0 Å². The fourth-order valence-corrected chi connectivity index (χ4v) is 1.60. The highest BCUT2D eigenvalue weighted by molar-refractivity contribution is 6.14. The summed E-state index contributed by atoms with van der Waals surface area (Å²) < 4.78 is 51.8. The van der Waals surface area contributed by atoms with E-state index in [2.05, 4.69) is 10.1 Å². The summed E-state index contributed by atoms with van der Waals surface area (Å²) in [5.41, 5.74) is -0.715. The lowest BCUT2D eigenvalue weighted by Gasteiger charge is -2.12. The molecule has 6 nitrogen and oxygen atoms in total. The molecule has 0 heterocycles. The van der Waals surface area contributed by atoms with Crippen molar-refractivity contribution in [2.24, 2.45) is 0 Å². The number of benzene rings is 1. The van der Waals surface area contributed by atoms with Crippen LogP contribution in [0.3, 0.4) is 0 Å². The standard InChI is InChI=1S/C15H16F3NO5/c1-3-22-13(20)9(14(21)23-4-2)8-19-11-7-5-6-10(16)12(11)24-15(17)18/h5-8,15,19H,3-4H2,1-2H3. The molecule has 0 aliphatic carbocycles. The van der Waals surface area contributed by atoms with E-state index in [1.807, 2.05) is 0 Å². The average molecular weight is 347 g/mol. The molecule has 0 fully saturated rings. The summed E-state index contributed by atoms with van der Waals surface area (Å²) in [4.78, 5) is 23.5. The fourth-order valence-electron chi connectivity index (χ4n) is 1.60. The van der Waals surface area contributed by atoms with Gasteiger partial charge >= 0.3 is 18.6 Å². The summed E-state index contributed by atoms with van der Waals surface area (Å²) in [6.07, 6.45) is 0.878. The molecule has 132 valence electrons. The number of para-hydroxylation sites is 1. The minimum atomic E-state index is -3.25. The van der Waals surface area contributed by atoms with Gasteiger partial charge in [-0.2, -0.15) is 8.78 Å². The zero-order chi connectivity index (χ0) is 18.1. The molecule has 0 unspecified atom stereocenters. The summed E-state index contributed by atoms with van der Waals surface area (Å²) in [6, 6.07) is 3.38. The smallest absolute Gasteiger partial charge is 0.387 e. The van der Waals surface area contributed by atoms with E-state index in [0.717, 1.165) is 12.3 Å². The van der Waals surface area contributed by atoms with E-state index in [0.29, 0.717) is 0 Å². The Morgan fingerprint density at radius 1 is 1.17 bits per heavy atom. The normalized spacial score (nSPS) is 10.1. The van der Waals surface area contributed by atoms with E-state index in [9.17, 15) is 22.8 Å². The fraction of sp³-hybridized carbons (Fsp3) is 0.333. The maximum atomic E-state index is 13.6. The number of alkyl halides is 2. The number of nitrogens with one attached hydrogen (secondary N) is 1. The van der Waals surface area contributed by atoms with E-state index < -0.39 is 35.7 Å². The van der Waals surface area contributed by atoms with Gasteiger partial charge in [-0.05, 0) is 26.0 Å². The molecule has 0 amide bonds. The predicted octanol–water partition coefficient (Wildman–Crippen LogP) is 2.85. The van der Waals surface area contributed by atoms with Gasteiger partial charge in [-0.25, -0.2) is 14.0 Å². The molecule has 0 saturated heterocycles.